The van der Waals surface area contributed by atoms with Gasteiger partial charge in [-0.3, -0.25) is 0 Å². The zero-order chi connectivity index (χ0) is 8.97. The lowest BCUT2D eigenvalue weighted by atomic mass is 10.3. The van der Waals surface area contributed by atoms with Gasteiger partial charge in [-0.2, -0.15) is 11.2 Å². The number of rotatable bonds is 3. The highest BCUT2D eigenvalue weighted by atomic mass is 32.8. The van der Waals surface area contributed by atoms with Gasteiger partial charge in [0.25, 0.3) is 0 Å². The van der Waals surface area contributed by atoms with Crippen LogP contribution in [0.3, 0.4) is 0 Å². The number of anilines is 1. The van der Waals surface area contributed by atoms with Crippen LogP contribution in [0.25, 0.3) is 0 Å². The number of hydrogen-bond donors (Lipinski definition) is 1. The minimum atomic E-state index is -1.66. The molecule has 3 nitrogen and oxygen atoms in total. The van der Waals surface area contributed by atoms with Gasteiger partial charge in [0.05, 0.1) is 0 Å². The van der Waals surface area contributed by atoms with Crippen LogP contribution in [0.1, 0.15) is 0 Å². The topological polar surface area (TPSA) is 38.3 Å². The van der Waals surface area contributed by atoms with Crippen molar-refractivity contribution in [2.45, 2.75) is 0 Å². The Morgan fingerprint density at radius 3 is 2.42 bits per heavy atom. The average molecular weight is 202 g/mol. The third-order valence-electron chi connectivity index (χ3n) is 1.31. The van der Waals surface area contributed by atoms with E-state index in [-0.39, 0.29) is 0 Å². The lowest BCUT2D eigenvalue weighted by Gasteiger charge is -2.07. The minimum Gasteiger partial charge on any atom is -0.551 e. The minimum absolute atomic E-state index is 0.516. The Balaban J connectivity index is 2.77. The number of benzene rings is 1. The molecule has 12 heavy (non-hydrogen) atoms. The predicted molar refractivity (Wildman–Crippen MR) is 52.0 cm³/mol. The summed E-state index contributed by atoms with van der Waals surface area (Å²) in [4.78, 5) is 0. The zero-order valence-corrected chi connectivity index (χ0v) is 8.08. The van der Waals surface area contributed by atoms with E-state index in [1.54, 1.807) is 12.1 Å². The van der Waals surface area contributed by atoms with Crippen LogP contribution in [0.4, 0.5) is 5.69 Å². The second-order valence-corrected chi connectivity index (χ2v) is 3.45. The zero-order valence-electron chi connectivity index (χ0n) is 6.44. The first-order chi connectivity index (χ1) is 5.72. The largest absolute Gasteiger partial charge is 0.551 e. The molecule has 0 radical (unpaired) electrons. The maximum atomic E-state index is 10.5. The van der Waals surface area contributed by atoms with Crippen molar-refractivity contribution in [1.82, 2.24) is 0 Å². The van der Waals surface area contributed by atoms with Crippen LogP contribution in [0.5, 0.6) is 5.75 Å². The predicted octanol–water partition coefficient (Wildman–Crippen LogP) is 1.45. The molecule has 5 heteroatoms. The van der Waals surface area contributed by atoms with Crippen LogP contribution >= 0.6 is 0 Å². The molecule has 0 aromatic heterocycles. The fourth-order valence-corrected chi connectivity index (χ4v) is 1.26. The molecule has 1 rings (SSSR count). The van der Waals surface area contributed by atoms with Crippen molar-refractivity contribution < 1.29 is 8.39 Å². The molecule has 0 bridgehead atoms. The summed E-state index contributed by atoms with van der Waals surface area (Å²) >= 11 is 4.36. The first-order valence-electron chi connectivity index (χ1n) is 3.28. The second kappa shape index (κ2) is 4.27. The van der Waals surface area contributed by atoms with E-state index in [0.717, 1.165) is 5.69 Å². The van der Waals surface area contributed by atoms with E-state index in [1.165, 1.54) is 0 Å². The van der Waals surface area contributed by atoms with Crippen LogP contribution in [0, 0.1) is 0 Å². The van der Waals surface area contributed by atoms with Crippen molar-refractivity contribution in [1.29, 1.82) is 0 Å². The molecule has 0 amide bonds. The Morgan fingerprint density at radius 2 is 2.00 bits per heavy atom. The molecule has 0 aliphatic carbocycles. The Kier molecular flexibility index (Phi) is 3.31. The highest BCUT2D eigenvalue weighted by Gasteiger charge is 1.88. The van der Waals surface area contributed by atoms with E-state index in [4.69, 9.17) is 4.18 Å². The first-order valence-corrected chi connectivity index (χ1v) is 5.28. The van der Waals surface area contributed by atoms with Gasteiger partial charge < -0.3 is 13.7 Å². The average Bonchev–Trinajstić information content (AvgIpc) is 2.05. The molecule has 1 aromatic rings. The molecule has 0 atom stereocenters. The molecule has 0 aliphatic rings. The molecule has 66 valence electrons. The monoisotopic (exact) mass is 202 g/mol. The summed E-state index contributed by atoms with van der Waals surface area (Å²) in [5.74, 6) is 0.516. The molecule has 0 spiro atoms. The highest BCUT2D eigenvalue weighted by molar-refractivity contribution is 8.19. The SMILES string of the molecule is CNc1ccc(O[S-](=O)=S)cc1. The van der Waals surface area contributed by atoms with Gasteiger partial charge in [-0.15, -0.1) is 0 Å². The third kappa shape index (κ3) is 2.67. The summed E-state index contributed by atoms with van der Waals surface area (Å²) in [6.45, 7) is 0. The second-order valence-electron chi connectivity index (χ2n) is 2.06. The number of nitrogens with one attached hydrogen (secondary N) is 1. The van der Waals surface area contributed by atoms with Crippen molar-refractivity contribution in [3.63, 3.8) is 0 Å². The van der Waals surface area contributed by atoms with Crippen LogP contribution in [-0.4, -0.2) is 7.05 Å². The summed E-state index contributed by atoms with van der Waals surface area (Å²) in [7, 11) is 0.158. The Morgan fingerprint density at radius 1 is 1.42 bits per heavy atom. The maximum absolute atomic E-state index is 10.5. The van der Waals surface area contributed by atoms with Crippen molar-refractivity contribution in [3.05, 3.63) is 24.3 Å². The maximum Gasteiger partial charge on any atom is 0.100 e. The summed E-state index contributed by atoms with van der Waals surface area (Å²) < 4.78 is 15.2. The molecule has 0 aliphatic heterocycles. The van der Waals surface area contributed by atoms with Crippen molar-refractivity contribution in [3.8, 4) is 5.75 Å². The summed E-state index contributed by atoms with van der Waals surface area (Å²) in [5.41, 5.74) is 0.970. The van der Waals surface area contributed by atoms with Crippen LogP contribution in [0.2, 0.25) is 0 Å². The smallest absolute Gasteiger partial charge is 0.100 e. The number of hydrogen-bond acceptors (Lipinski definition) is 5. The van der Waals surface area contributed by atoms with E-state index >= 15 is 0 Å². The van der Waals surface area contributed by atoms with Crippen molar-refractivity contribution in [2.75, 3.05) is 12.4 Å². The molecule has 0 unspecified atom stereocenters. The Hall–Kier alpha value is -0.810. The van der Waals surface area contributed by atoms with Crippen LogP contribution in [0.15, 0.2) is 24.3 Å². The van der Waals surface area contributed by atoms with Crippen LogP contribution < -0.4 is 9.50 Å². The highest BCUT2D eigenvalue weighted by Crippen LogP contribution is 2.14. The quantitative estimate of drug-likeness (QED) is 0.753. The fourth-order valence-electron chi connectivity index (χ4n) is 0.756. The molecular weight excluding hydrogens is 194 g/mol. The van der Waals surface area contributed by atoms with E-state index in [9.17, 15) is 4.21 Å². The molecule has 0 heterocycles. The Bertz CT molecular complexity index is 311. The Labute approximate surface area is 77.7 Å². The lowest BCUT2D eigenvalue weighted by Crippen LogP contribution is -1.89. The van der Waals surface area contributed by atoms with Gasteiger partial charge in [0, 0.05) is 12.7 Å². The summed E-state index contributed by atoms with van der Waals surface area (Å²) in [5, 5.41) is 2.95. The molecule has 1 aromatic carbocycles. The molecular formula is C7H8NO2S2-. The van der Waals surface area contributed by atoms with Crippen molar-refractivity contribution in [2.24, 2.45) is 0 Å². The van der Waals surface area contributed by atoms with E-state index in [1.807, 2.05) is 19.2 Å². The molecule has 1 N–H and O–H groups in total. The molecule has 0 saturated carbocycles. The first kappa shape index (κ1) is 9.28. The van der Waals surface area contributed by atoms with Crippen LogP contribution in [-0.2, 0) is 25.0 Å². The van der Waals surface area contributed by atoms with Gasteiger partial charge >= 0.3 is 0 Å². The van der Waals surface area contributed by atoms with Gasteiger partial charge in [-0.25, -0.2) is 0 Å². The summed E-state index contributed by atoms with van der Waals surface area (Å²) in [6, 6.07) is 7.04. The van der Waals surface area contributed by atoms with Crippen molar-refractivity contribution >= 4 is 26.5 Å². The van der Waals surface area contributed by atoms with Gasteiger partial charge in [0.15, 0.2) is 0 Å². The van der Waals surface area contributed by atoms with E-state index in [2.05, 4.69) is 16.5 Å². The van der Waals surface area contributed by atoms with E-state index in [0.29, 0.717) is 5.75 Å². The third-order valence-corrected chi connectivity index (χ3v) is 1.84. The summed E-state index contributed by atoms with van der Waals surface area (Å²) in [6.07, 6.45) is 0. The standard InChI is InChI=1S/C7H8NO2S2/c1-8-6-2-4-7(5-3-6)10-12(9)11/h2-5,8H,1H3/q-1. The van der Waals surface area contributed by atoms with Gasteiger partial charge in [-0.1, -0.05) is 0 Å². The molecule has 0 saturated heterocycles. The van der Waals surface area contributed by atoms with Gasteiger partial charge in [0.1, 0.15) is 5.75 Å². The van der Waals surface area contributed by atoms with E-state index < -0.39 is 9.64 Å². The lowest BCUT2D eigenvalue weighted by molar-refractivity contribution is 0.536. The molecule has 0 fully saturated rings. The fraction of sp³-hybridized carbons (Fsp3) is 0.143. The van der Waals surface area contributed by atoms with Gasteiger partial charge in [0.2, 0.25) is 0 Å². The van der Waals surface area contributed by atoms with Gasteiger partial charge in [-0.05, 0) is 33.9 Å². The normalized spacial score (nSPS) is 9.83.